The molecule has 1 heterocycles. The Morgan fingerprint density at radius 3 is 2.03 bits per heavy atom. The molecule has 0 saturated heterocycles. The molecular weight excluding hydrogens is 458 g/mol. The number of nitrogens with zero attached hydrogens (tertiary/aromatic N) is 2. The van der Waals surface area contributed by atoms with Gasteiger partial charge in [0.2, 0.25) is 0 Å². The predicted molar refractivity (Wildman–Crippen MR) is 132 cm³/mol. The molecule has 34 heavy (non-hydrogen) atoms. The molecule has 0 bridgehead atoms. The minimum Gasteiger partial charge on any atom is -0.494 e. The summed E-state index contributed by atoms with van der Waals surface area (Å²) in [6, 6.07) is 16.7. The summed E-state index contributed by atoms with van der Waals surface area (Å²) >= 11 is 5.93. The first-order valence-corrected chi connectivity index (χ1v) is 10.9. The van der Waals surface area contributed by atoms with Gasteiger partial charge in [0.1, 0.15) is 11.5 Å². The van der Waals surface area contributed by atoms with E-state index in [2.05, 4.69) is 5.32 Å². The van der Waals surface area contributed by atoms with Crippen LogP contribution < -0.4 is 25.9 Å². The zero-order valence-electron chi connectivity index (χ0n) is 18.8. The van der Waals surface area contributed by atoms with Crippen molar-refractivity contribution < 1.29 is 14.3 Å². The maximum absolute atomic E-state index is 12.9. The molecule has 0 atom stereocenters. The van der Waals surface area contributed by atoms with Crippen molar-refractivity contribution in [2.75, 3.05) is 11.9 Å². The lowest BCUT2D eigenvalue weighted by Gasteiger charge is -2.17. The number of benzene rings is 3. The molecule has 1 amide bonds. The van der Waals surface area contributed by atoms with Crippen LogP contribution in [0.4, 0.5) is 5.69 Å². The molecule has 4 aromatic rings. The summed E-state index contributed by atoms with van der Waals surface area (Å²) in [5, 5.41) is 3.35. The number of carbonyl (C=O) groups is 1. The van der Waals surface area contributed by atoms with E-state index in [9.17, 15) is 14.4 Å². The number of hydrogen-bond acceptors (Lipinski definition) is 5. The van der Waals surface area contributed by atoms with Crippen molar-refractivity contribution in [3.8, 4) is 17.2 Å². The lowest BCUT2D eigenvalue weighted by atomic mass is 10.2. The first-order chi connectivity index (χ1) is 16.3. The number of carbonyl (C=O) groups excluding carboxylic acids is 1. The highest BCUT2D eigenvalue weighted by atomic mass is 35.5. The topological polar surface area (TPSA) is 91.6 Å². The second-order valence-corrected chi connectivity index (χ2v) is 7.97. The molecular formula is C25H22ClN3O5. The molecule has 0 unspecified atom stereocenters. The number of aromatic nitrogens is 2. The monoisotopic (exact) mass is 479 g/mol. The molecule has 3 aromatic carbocycles. The van der Waals surface area contributed by atoms with Gasteiger partial charge >= 0.3 is 11.1 Å². The van der Waals surface area contributed by atoms with Crippen molar-refractivity contribution >= 4 is 34.2 Å². The van der Waals surface area contributed by atoms with Crippen molar-refractivity contribution in [1.29, 1.82) is 0 Å². The molecule has 174 valence electrons. The van der Waals surface area contributed by atoms with Gasteiger partial charge in [-0.2, -0.15) is 0 Å². The van der Waals surface area contributed by atoms with Crippen molar-refractivity contribution in [3.05, 3.63) is 92.0 Å². The van der Waals surface area contributed by atoms with E-state index in [1.807, 2.05) is 6.92 Å². The molecule has 0 saturated carbocycles. The fourth-order valence-electron chi connectivity index (χ4n) is 3.48. The van der Waals surface area contributed by atoms with Gasteiger partial charge in [0, 0.05) is 30.7 Å². The largest absolute Gasteiger partial charge is 0.494 e. The summed E-state index contributed by atoms with van der Waals surface area (Å²) in [7, 11) is 3.02. The van der Waals surface area contributed by atoms with Gasteiger partial charge in [-0.15, -0.1) is 0 Å². The highest BCUT2D eigenvalue weighted by Crippen LogP contribution is 2.34. The number of nitrogens with one attached hydrogen (secondary N) is 1. The summed E-state index contributed by atoms with van der Waals surface area (Å²) in [6.45, 7) is 2.44. The Morgan fingerprint density at radius 1 is 0.882 bits per heavy atom. The molecule has 0 radical (unpaired) electrons. The fraction of sp³-hybridized carbons (Fsp3) is 0.160. The second kappa shape index (κ2) is 9.44. The number of halogens is 1. The number of ether oxygens (including phenoxy) is 2. The fourth-order valence-corrected chi connectivity index (χ4v) is 3.60. The van der Waals surface area contributed by atoms with Crippen molar-refractivity contribution in [1.82, 2.24) is 9.13 Å². The van der Waals surface area contributed by atoms with Crippen LogP contribution in [-0.4, -0.2) is 21.6 Å². The van der Waals surface area contributed by atoms with Crippen LogP contribution in [0.15, 0.2) is 70.3 Å². The predicted octanol–water partition coefficient (Wildman–Crippen LogP) is 4.33. The maximum atomic E-state index is 12.9. The Morgan fingerprint density at radius 2 is 1.44 bits per heavy atom. The summed E-state index contributed by atoms with van der Waals surface area (Å²) in [5.41, 5.74) is 0.307. The first kappa shape index (κ1) is 23.1. The van der Waals surface area contributed by atoms with E-state index in [1.54, 1.807) is 60.7 Å². The minimum absolute atomic E-state index is 0.299. The van der Waals surface area contributed by atoms with E-state index in [-0.39, 0.29) is 5.91 Å². The molecule has 0 aliphatic carbocycles. The van der Waals surface area contributed by atoms with Gasteiger partial charge in [-0.05, 0) is 61.5 Å². The Bertz CT molecular complexity index is 1490. The number of hydrogen-bond donors (Lipinski definition) is 1. The molecule has 8 nitrogen and oxygen atoms in total. The number of aryl methyl sites for hydroxylation is 2. The van der Waals surface area contributed by atoms with E-state index >= 15 is 0 Å². The Balaban J connectivity index is 1.81. The summed E-state index contributed by atoms with van der Waals surface area (Å²) in [6.07, 6.45) is 0. The van der Waals surface area contributed by atoms with Crippen LogP contribution in [-0.2, 0) is 14.1 Å². The molecule has 1 aromatic heterocycles. The summed E-state index contributed by atoms with van der Waals surface area (Å²) < 4.78 is 14.0. The van der Waals surface area contributed by atoms with Crippen LogP contribution in [0.3, 0.4) is 0 Å². The highest BCUT2D eigenvalue weighted by Gasteiger charge is 2.17. The molecule has 9 heteroatoms. The van der Waals surface area contributed by atoms with Crippen molar-refractivity contribution in [3.63, 3.8) is 0 Å². The van der Waals surface area contributed by atoms with Gasteiger partial charge in [-0.25, -0.2) is 0 Å². The smallest absolute Gasteiger partial charge is 0.316 e. The van der Waals surface area contributed by atoms with Gasteiger partial charge in [-0.1, -0.05) is 11.6 Å². The van der Waals surface area contributed by atoms with Gasteiger partial charge < -0.3 is 23.9 Å². The molecule has 0 aliphatic heterocycles. The number of fused-ring (bicyclic) bond motifs is 1. The lowest BCUT2D eigenvalue weighted by molar-refractivity contribution is 0.102. The number of rotatable bonds is 6. The minimum atomic E-state index is -0.676. The third-order valence-electron chi connectivity index (χ3n) is 5.31. The number of anilines is 1. The Hall–Kier alpha value is -4.04. The zero-order valence-corrected chi connectivity index (χ0v) is 19.6. The molecule has 4 rings (SSSR count). The van der Waals surface area contributed by atoms with Gasteiger partial charge in [-0.3, -0.25) is 14.4 Å². The second-order valence-electron chi connectivity index (χ2n) is 7.53. The average Bonchev–Trinajstić information content (AvgIpc) is 2.84. The molecule has 0 aliphatic rings. The Labute approximate surface area is 199 Å². The van der Waals surface area contributed by atoms with Crippen molar-refractivity contribution in [2.24, 2.45) is 14.1 Å². The van der Waals surface area contributed by atoms with Crippen LogP contribution in [0.5, 0.6) is 17.2 Å². The normalized spacial score (nSPS) is 10.8. The maximum Gasteiger partial charge on any atom is 0.316 e. The summed E-state index contributed by atoms with van der Waals surface area (Å²) in [5.74, 6) is 1.11. The third kappa shape index (κ3) is 4.53. The van der Waals surface area contributed by atoms with Crippen molar-refractivity contribution in [2.45, 2.75) is 6.92 Å². The quantitative estimate of drug-likeness (QED) is 0.415. The molecule has 1 N–H and O–H groups in total. The van der Waals surface area contributed by atoms with Crippen LogP contribution in [0.1, 0.15) is 17.3 Å². The third-order valence-corrected chi connectivity index (χ3v) is 5.56. The standard InChI is InChI=1S/C25H22ClN3O5/c1-4-33-17-9-11-18(12-10-17)34-22-14-21-20(28(2)24(31)25(32)29(21)3)13-19(22)27-23(30)15-5-7-16(26)8-6-15/h5-14H,4H2,1-3H3,(H,27,30). The van der Waals surface area contributed by atoms with E-state index in [4.69, 9.17) is 21.1 Å². The molecule has 0 fully saturated rings. The number of amides is 1. The van der Waals surface area contributed by atoms with E-state index in [0.717, 1.165) is 0 Å². The van der Waals surface area contributed by atoms with Crippen LogP contribution in [0, 0.1) is 0 Å². The van der Waals surface area contributed by atoms with Crippen LogP contribution in [0.25, 0.3) is 11.0 Å². The van der Waals surface area contributed by atoms with E-state index in [1.165, 1.54) is 23.2 Å². The van der Waals surface area contributed by atoms with E-state index < -0.39 is 11.1 Å². The lowest BCUT2D eigenvalue weighted by Crippen LogP contribution is -2.39. The zero-order chi connectivity index (χ0) is 24.4. The molecule has 0 spiro atoms. The first-order valence-electron chi connectivity index (χ1n) is 10.5. The van der Waals surface area contributed by atoms with Gasteiger partial charge in [0.25, 0.3) is 5.91 Å². The van der Waals surface area contributed by atoms with Gasteiger partial charge in [0.05, 0.1) is 23.3 Å². The van der Waals surface area contributed by atoms with Gasteiger partial charge in [0.15, 0.2) is 5.75 Å². The van der Waals surface area contributed by atoms with Crippen LogP contribution in [0.2, 0.25) is 5.02 Å². The summed E-state index contributed by atoms with van der Waals surface area (Å²) in [4.78, 5) is 37.6. The highest BCUT2D eigenvalue weighted by molar-refractivity contribution is 6.30. The average molecular weight is 480 g/mol. The SMILES string of the molecule is CCOc1ccc(Oc2cc3c(cc2NC(=O)c2ccc(Cl)cc2)n(C)c(=O)c(=O)n3C)cc1. The van der Waals surface area contributed by atoms with Crippen LogP contribution >= 0.6 is 11.6 Å². The Kier molecular flexibility index (Phi) is 6.43. The van der Waals surface area contributed by atoms with E-state index in [0.29, 0.717) is 51.2 Å².